The van der Waals surface area contributed by atoms with E-state index >= 15 is 0 Å². The van der Waals surface area contributed by atoms with Gasteiger partial charge in [0.15, 0.2) is 0 Å². The Morgan fingerprint density at radius 3 is 2.64 bits per heavy atom. The molecule has 2 aromatic heterocycles. The van der Waals surface area contributed by atoms with E-state index in [1.54, 1.807) is 41.5 Å². The molecule has 0 aromatic carbocycles. The van der Waals surface area contributed by atoms with Gasteiger partial charge in [0.25, 0.3) is 5.91 Å². The van der Waals surface area contributed by atoms with Crippen LogP contribution >= 0.6 is 0 Å². The fraction of sp³-hybridized carbons (Fsp3) is 0.560. The smallest absolute Gasteiger partial charge is 0.259 e. The number of carbonyl (C=O) groups is 2. The van der Waals surface area contributed by atoms with Crippen molar-refractivity contribution >= 4 is 11.8 Å². The van der Waals surface area contributed by atoms with Crippen molar-refractivity contribution in [3.8, 4) is 17.0 Å². The number of pyridine rings is 1. The Bertz CT molecular complexity index is 1050. The third kappa shape index (κ3) is 5.97. The van der Waals surface area contributed by atoms with Crippen LogP contribution in [0.5, 0.6) is 5.88 Å². The number of morpholine rings is 1. The molecule has 2 amide bonds. The molecule has 0 radical (unpaired) electrons. The van der Waals surface area contributed by atoms with Gasteiger partial charge in [-0.05, 0) is 13.0 Å². The number of amides is 2. The van der Waals surface area contributed by atoms with Crippen LogP contribution in [0.1, 0.15) is 24.2 Å². The van der Waals surface area contributed by atoms with E-state index in [0.717, 1.165) is 18.7 Å². The van der Waals surface area contributed by atoms with E-state index in [9.17, 15) is 14.7 Å². The first-order chi connectivity index (χ1) is 17.4. The average Bonchev–Trinajstić information content (AvgIpc) is 2.91. The molecule has 0 bridgehead atoms. The molecule has 1 N–H and O–H groups in total. The second-order valence-electron chi connectivity index (χ2n) is 9.49. The van der Waals surface area contributed by atoms with Crippen LogP contribution in [0.4, 0.5) is 0 Å². The Hall–Kier alpha value is -3.15. The summed E-state index contributed by atoms with van der Waals surface area (Å²) >= 11 is 0. The number of aliphatic hydroxyl groups is 1. The molecule has 1 saturated heterocycles. The van der Waals surface area contributed by atoms with Gasteiger partial charge in [-0.2, -0.15) is 0 Å². The monoisotopic (exact) mass is 498 g/mol. The topological polar surface area (TPSA) is 121 Å². The highest BCUT2D eigenvalue weighted by Crippen LogP contribution is 2.30. The van der Waals surface area contributed by atoms with Gasteiger partial charge in [0.05, 0.1) is 39.0 Å². The van der Waals surface area contributed by atoms with Crippen molar-refractivity contribution in [3.63, 3.8) is 0 Å². The summed E-state index contributed by atoms with van der Waals surface area (Å²) in [7, 11) is 1.77. The standard InChI is InChI=1S/C25H34N6O5/c1-17-12-31(18(2)15-32)25(34)21-8-19(20-9-26-16-27-10-20)11-28-24(21)36-22(17)13-29(3)23(33)14-30-4-6-35-7-5-30/h8-11,16-18,22,32H,4-7,12-15H2,1-3H3/t17-,18-,22-/m1/s1. The van der Waals surface area contributed by atoms with E-state index in [2.05, 4.69) is 19.9 Å². The molecular weight excluding hydrogens is 464 g/mol. The number of hydrogen-bond acceptors (Lipinski definition) is 9. The molecule has 2 aromatic rings. The lowest BCUT2D eigenvalue weighted by molar-refractivity contribution is -0.133. The normalized spacial score (nSPS) is 21.7. The van der Waals surface area contributed by atoms with Crippen LogP contribution in [0.3, 0.4) is 0 Å². The third-order valence-corrected chi connectivity index (χ3v) is 6.76. The summed E-state index contributed by atoms with van der Waals surface area (Å²) in [6.07, 6.45) is 5.97. The molecule has 2 aliphatic heterocycles. The van der Waals surface area contributed by atoms with Crippen molar-refractivity contribution in [1.29, 1.82) is 0 Å². The van der Waals surface area contributed by atoms with E-state index in [1.165, 1.54) is 6.33 Å². The summed E-state index contributed by atoms with van der Waals surface area (Å²) in [6, 6.07) is 1.33. The van der Waals surface area contributed by atoms with Crippen molar-refractivity contribution < 1.29 is 24.2 Å². The number of nitrogens with zero attached hydrogens (tertiary/aromatic N) is 6. The zero-order valence-corrected chi connectivity index (χ0v) is 21.0. The maximum atomic E-state index is 13.6. The van der Waals surface area contributed by atoms with Gasteiger partial charge < -0.3 is 24.4 Å². The van der Waals surface area contributed by atoms with Crippen molar-refractivity contribution in [2.24, 2.45) is 5.92 Å². The van der Waals surface area contributed by atoms with Crippen LogP contribution < -0.4 is 4.74 Å². The van der Waals surface area contributed by atoms with E-state index in [4.69, 9.17) is 9.47 Å². The molecule has 3 atom stereocenters. The number of aliphatic hydroxyl groups excluding tert-OH is 1. The molecule has 4 heterocycles. The van der Waals surface area contributed by atoms with Gasteiger partial charge in [-0.1, -0.05) is 6.92 Å². The van der Waals surface area contributed by atoms with E-state index in [1.807, 2.05) is 13.8 Å². The SMILES string of the molecule is C[C@@H]1CN([C@H](C)CO)C(=O)c2cc(-c3cncnc3)cnc2O[C@@H]1CN(C)C(=O)CN1CCOCC1. The van der Waals surface area contributed by atoms with Gasteiger partial charge >= 0.3 is 0 Å². The second-order valence-corrected chi connectivity index (χ2v) is 9.49. The summed E-state index contributed by atoms with van der Waals surface area (Å²) in [5.41, 5.74) is 1.71. The van der Waals surface area contributed by atoms with Gasteiger partial charge in [-0.3, -0.25) is 14.5 Å². The molecule has 0 aliphatic carbocycles. The predicted molar refractivity (Wildman–Crippen MR) is 131 cm³/mol. The van der Waals surface area contributed by atoms with E-state index in [0.29, 0.717) is 44.0 Å². The number of hydrogen-bond donors (Lipinski definition) is 1. The van der Waals surface area contributed by atoms with Crippen LogP contribution in [-0.2, 0) is 9.53 Å². The fourth-order valence-corrected chi connectivity index (χ4v) is 4.37. The van der Waals surface area contributed by atoms with Gasteiger partial charge in [0.1, 0.15) is 18.0 Å². The number of rotatable bonds is 7. The van der Waals surface area contributed by atoms with Gasteiger partial charge in [0.2, 0.25) is 11.8 Å². The molecule has 0 spiro atoms. The molecule has 2 aliphatic rings. The van der Waals surface area contributed by atoms with E-state index in [-0.39, 0.29) is 30.2 Å². The Labute approximate surface area is 211 Å². The Balaban J connectivity index is 1.59. The molecule has 194 valence electrons. The molecule has 11 heteroatoms. The first-order valence-electron chi connectivity index (χ1n) is 12.2. The summed E-state index contributed by atoms with van der Waals surface area (Å²) in [6.45, 7) is 7.39. The Kier molecular flexibility index (Phi) is 8.44. The van der Waals surface area contributed by atoms with Gasteiger partial charge in [-0.25, -0.2) is 15.0 Å². The van der Waals surface area contributed by atoms with Crippen LogP contribution in [0.25, 0.3) is 11.1 Å². The van der Waals surface area contributed by atoms with Crippen molar-refractivity contribution in [3.05, 3.63) is 36.5 Å². The molecule has 0 saturated carbocycles. The number of ether oxygens (including phenoxy) is 2. The molecular formula is C25H34N6O5. The molecule has 36 heavy (non-hydrogen) atoms. The minimum Gasteiger partial charge on any atom is -0.472 e. The Morgan fingerprint density at radius 1 is 1.22 bits per heavy atom. The molecule has 11 nitrogen and oxygen atoms in total. The van der Waals surface area contributed by atoms with Crippen molar-refractivity contribution in [1.82, 2.24) is 29.7 Å². The Morgan fingerprint density at radius 2 is 1.94 bits per heavy atom. The van der Waals surface area contributed by atoms with Crippen molar-refractivity contribution in [2.75, 3.05) is 59.6 Å². The molecule has 1 fully saturated rings. The largest absolute Gasteiger partial charge is 0.472 e. The van der Waals surface area contributed by atoms with E-state index < -0.39 is 12.1 Å². The average molecular weight is 499 g/mol. The highest BCUT2D eigenvalue weighted by molar-refractivity contribution is 5.98. The lowest BCUT2D eigenvalue weighted by atomic mass is 9.99. The quantitative estimate of drug-likeness (QED) is 0.583. The first kappa shape index (κ1) is 25.9. The summed E-state index contributed by atoms with van der Waals surface area (Å²) in [4.78, 5) is 44.5. The minimum absolute atomic E-state index is 0.000901. The highest BCUT2D eigenvalue weighted by atomic mass is 16.5. The van der Waals surface area contributed by atoms with Crippen LogP contribution in [0, 0.1) is 5.92 Å². The first-order valence-corrected chi connectivity index (χ1v) is 12.2. The maximum Gasteiger partial charge on any atom is 0.259 e. The number of likely N-dealkylation sites (N-methyl/N-ethyl adjacent to an activating group) is 1. The number of carbonyl (C=O) groups excluding carboxylic acids is 2. The van der Waals surface area contributed by atoms with Crippen LogP contribution in [-0.4, -0.2) is 118 Å². The minimum atomic E-state index is -0.401. The summed E-state index contributed by atoms with van der Waals surface area (Å²) in [5, 5.41) is 9.85. The molecule has 0 unspecified atom stereocenters. The lowest BCUT2D eigenvalue weighted by Gasteiger charge is -2.38. The zero-order valence-electron chi connectivity index (χ0n) is 21.0. The van der Waals surface area contributed by atoms with Crippen molar-refractivity contribution in [2.45, 2.75) is 26.0 Å². The third-order valence-electron chi connectivity index (χ3n) is 6.76. The lowest BCUT2D eigenvalue weighted by Crippen LogP contribution is -2.51. The summed E-state index contributed by atoms with van der Waals surface area (Å²) < 4.78 is 11.7. The zero-order chi connectivity index (χ0) is 25.7. The van der Waals surface area contributed by atoms with Crippen LogP contribution in [0.2, 0.25) is 0 Å². The fourth-order valence-electron chi connectivity index (χ4n) is 4.37. The number of fused-ring (bicyclic) bond motifs is 1. The van der Waals surface area contributed by atoms with Gasteiger partial charge in [-0.15, -0.1) is 0 Å². The maximum absolute atomic E-state index is 13.6. The number of aromatic nitrogens is 3. The van der Waals surface area contributed by atoms with Crippen LogP contribution in [0.15, 0.2) is 31.0 Å². The second kappa shape index (κ2) is 11.7. The predicted octanol–water partition coefficient (Wildman–Crippen LogP) is 0.549. The molecule has 4 rings (SSSR count). The highest BCUT2D eigenvalue weighted by Gasteiger charge is 2.35. The summed E-state index contributed by atoms with van der Waals surface area (Å²) in [5.74, 6) is -0.168. The van der Waals surface area contributed by atoms with Gasteiger partial charge in [0, 0.05) is 62.3 Å².